The van der Waals surface area contributed by atoms with Gasteiger partial charge < -0.3 is 20.7 Å². The average molecular weight is 454 g/mol. The minimum absolute atomic E-state index is 0.164. The number of nitrogens with one attached hydrogen (secondary N) is 3. The number of carbonyl (C=O) groups excluding carboxylic acids is 2. The second kappa shape index (κ2) is 11.0. The first kappa shape index (κ1) is 22.9. The Morgan fingerprint density at radius 1 is 1.10 bits per heavy atom. The number of benzene rings is 2. The zero-order valence-corrected chi connectivity index (χ0v) is 18.3. The van der Waals surface area contributed by atoms with Gasteiger partial charge in [0.05, 0.1) is 11.6 Å². The Morgan fingerprint density at radius 3 is 2.55 bits per heavy atom. The topological polar surface area (TPSA) is 79.5 Å². The molecule has 3 N–H and O–H groups in total. The molecule has 0 bridgehead atoms. The van der Waals surface area contributed by atoms with E-state index in [2.05, 4.69) is 16.0 Å². The molecule has 2 aromatic carbocycles. The van der Waals surface area contributed by atoms with Gasteiger partial charge in [-0.05, 0) is 61.5 Å². The maximum atomic E-state index is 12.0. The molecule has 2 aromatic rings. The molecule has 2 amide bonds. The van der Waals surface area contributed by atoms with E-state index in [1.807, 2.05) is 19.1 Å². The molecule has 0 fully saturated rings. The molecule has 154 valence electrons. The van der Waals surface area contributed by atoms with Crippen molar-refractivity contribution in [2.45, 2.75) is 26.7 Å². The molecule has 0 aliphatic carbocycles. The van der Waals surface area contributed by atoms with Crippen LogP contribution >= 0.6 is 35.4 Å². The molecule has 29 heavy (non-hydrogen) atoms. The van der Waals surface area contributed by atoms with Crippen LogP contribution in [0.5, 0.6) is 5.75 Å². The molecule has 0 aliphatic rings. The molecule has 0 radical (unpaired) electrons. The van der Waals surface area contributed by atoms with Crippen LogP contribution in [0.2, 0.25) is 10.0 Å². The number of amides is 2. The standard InChI is InChI=1S/C20H21Cl2N3O3S/c1-12-5-7-15(11-17(12)23-13(2)26)24-20(29)25-19(27)4-3-9-28-18-8-6-14(21)10-16(18)22/h5-8,10-11H,3-4,9H2,1-2H3,(H,23,26)(H2,24,25,27,29). The predicted octanol–water partition coefficient (Wildman–Crippen LogP) is 4.93. The first-order valence-electron chi connectivity index (χ1n) is 8.81. The van der Waals surface area contributed by atoms with Gasteiger partial charge in [0.15, 0.2) is 5.11 Å². The van der Waals surface area contributed by atoms with Crippen LogP contribution in [-0.4, -0.2) is 23.5 Å². The van der Waals surface area contributed by atoms with Gasteiger partial charge in [0.25, 0.3) is 0 Å². The molecule has 0 heterocycles. The Bertz CT molecular complexity index is 922. The van der Waals surface area contributed by atoms with Crippen molar-refractivity contribution >= 4 is 63.7 Å². The van der Waals surface area contributed by atoms with E-state index in [1.54, 1.807) is 24.3 Å². The van der Waals surface area contributed by atoms with E-state index in [1.165, 1.54) is 6.92 Å². The number of rotatable bonds is 7. The summed E-state index contributed by atoms with van der Waals surface area (Å²) >= 11 is 17.0. The number of halogens is 2. The molecule has 0 unspecified atom stereocenters. The maximum absolute atomic E-state index is 12.0. The number of anilines is 2. The summed E-state index contributed by atoms with van der Waals surface area (Å²) in [5, 5.41) is 9.41. The molecule has 0 atom stereocenters. The fourth-order valence-corrected chi connectivity index (χ4v) is 3.08. The molecule has 0 aromatic heterocycles. The molecule has 9 heteroatoms. The van der Waals surface area contributed by atoms with Crippen molar-refractivity contribution in [2.75, 3.05) is 17.2 Å². The highest BCUT2D eigenvalue weighted by molar-refractivity contribution is 7.80. The SMILES string of the molecule is CC(=O)Nc1cc(NC(=S)NC(=O)CCCOc2ccc(Cl)cc2Cl)ccc1C. The third-order valence-electron chi connectivity index (χ3n) is 3.76. The fraction of sp³-hybridized carbons (Fsp3) is 0.250. The molecule has 0 spiro atoms. The summed E-state index contributed by atoms with van der Waals surface area (Å²) in [6, 6.07) is 10.4. The lowest BCUT2D eigenvalue weighted by Crippen LogP contribution is -2.34. The van der Waals surface area contributed by atoms with Gasteiger partial charge in [-0.1, -0.05) is 29.3 Å². The van der Waals surface area contributed by atoms with E-state index in [4.69, 9.17) is 40.2 Å². The molecule has 6 nitrogen and oxygen atoms in total. The highest BCUT2D eigenvalue weighted by Crippen LogP contribution is 2.27. The molecular weight excluding hydrogens is 433 g/mol. The quantitative estimate of drug-likeness (QED) is 0.408. The van der Waals surface area contributed by atoms with E-state index >= 15 is 0 Å². The van der Waals surface area contributed by atoms with E-state index in [0.29, 0.717) is 40.2 Å². The normalized spacial score (nSPS) is 10.2. The summed E-state index contributed by atoms with van der Waals surface area (Å²) in [7, 11) is 0. The predicted molar refractivity (Wildman–Crippen MR) is 121 cm³/mol. The van der Waals surface area contributed by atoms with Crippen molar-refractivity contribution in [1.82, 2.24) is 5.32 Å². The third-order valence-corrected chi connectivity index (χ3v) is 4.49. The summed E-state index contributed by atoms with van der Waals surface area (Å²) in [6.45, 7) is 3.65. The van der Waals surface area contributed by atoms with Gasteiger partial charge in [-0.15, -0.1) is 0 Å². The minimum Gasteiger partial charge on any atom is -0.492 e. The van der Waals surface area contributed by atoms with E-state index < -0.39 is 0 Å². The maximum Gasteiger partial charge on any atom is 0.226 e. The number of aryl methyl sites for hydroxylation is 1. The average Bonchev–Trinajstić information content (AvgIpc) is 2.62. The monoisotopic (exact) mass is 453 g/mol. The van der Waals surface area contributed by atoms with Crippen molar-refractivity contribution in [1.29, 1.82) is 0 Å². The van der Waals surface area contributed by atoms with Crippen LogP contribution in [0.15, 0.2) is 36.4 Å². The number of hydrogen-bond donors (Lipinski definition) is 3. The van der Waals surface area contributed by atoms with Crippen LogP contribution in [0.25, 0.3) is 0 Å². The van der Waals surface area contributed by atoms with Crippen molar-refractivity contribution in [3.63, 3.8) is 0 Å². The van der Waals surface area contributed by atoms with Gasteiger partial charge in [0, 0.05) is 29.7 Å². The lowest BCUT2D eigenvalue weighted by atomic mass is 10.2. The van der Waals surface area contributed by atoms with Crippen LogP contribution in [0, 0.1) is 6.92 Å². The molecule has 0 saturated carbocycles. The summed E-state index contributed by atoms with van der Waals surface area (Å²) in [6.07, 6.45) is 0.725. The van der Waals surface area contributed by atoms with Crippen LogP contribution < -0.4 is 20.7 Å². The number of carbonyl (C=O) groups is 2. The van der Waals surface area contributed by atoms with Gasteiger partial charge in [-0.3, -0.25) is 9.59 Å². The smallest absolute Gasteiger partial charge is 0.226 e. The summed E-state index contributed by atoms with van der Waals surface area (Å²) < 4.78 is 5.55. The van der Waals surface area contributed by atoms with Crippen molar-refractivity contribution < 1.29 is 14.3 Å². The summed E-state index contributed by atoms with van der Waals surface area (Å²) in [5.41, 5.74) is 2.25. The first-order chi connectivity index (χ1) is 13.7. The van der Waals surface area contributed by atoms with Crippen LogP contribution in [-0.2, 0) is 9.59 Å². The van der Waals surface area contributed by atoms with Crippen molar-refractivity contribution in [3.05, 3.63) is 52.0 Å². The second-order valence-electron chi connectivity index (χ2n) is 6.24. The first-order valence-corrected chi connectivity index (χ1v) is 9.98. The van der Waals surface area contributed by atoms with Gasteiger partial charge in [-0.2, -0.15) is 0 Å². The number of ether oxygens (including phenoxy) is 1. The Morgan fingerprint density at radius 2 is 1.86 bits per heavy atom. The van der Waals surface area contributed by atoms with E-state index in [9.17, 15) is 9.59 Å². The Kier molecular flexibility index (Phi) is 8.70. The van der Waals surface area contributed by atoms with Crippen molar-refractivity contribution in [2.24, 2.45) is 0 Å². The largest absolute Gasteiger partial charge is 0.492 e. The minimum atomic E-state index is -0.234. The van der Waals surface area contributed by atoms with Gasteiger partial charge in [0.2, 0.25) is 11.8 Å². The number of hydrogen-bond acceptors (Lipinski definition) is 4. The van der Waals surface area contributed by atoms with Crippen LogP contribution in [0.1, 0.15) is 25.3 Å². The molecule has 0 aliphatic heterocycles. The van der Waals surface area contributed by atoms with Crippen LogP contribution in [0.3, 0.4) is 0 Å². The lowest BCUT2D eigenvalue weighted by molar-refractivity contribution is -0.120. The van der Waals surface area contributed by atoms with Crippen LogP contribution in [0.4, 0.5) is 11.4 Å². The zero-order valence-electron chi connectivity index (χ0n) is 16.0. The fourth-order valence-electron chi connectivity index (χ4n) is 2.38. The second-order valence-corrected chi connectivity index (χ2v) is 7.49. The molecule has 0 saturated heterocycles. The highest BCUT2D eigenvalue weighted by Gasteiger charge is 2.08. The van der Waals surface area contributed by atoms with Gasteiger partial charge in [0.1, 0.15) is 5.75 Å². The molecule has 2 rings (SSSR count). The summed E-state index contributed by atoms with van der Waals surface area (Å²) in [4.78, 5) is 23.3. The summed E-state index contributed by atoms with van der Waals surface area (Å²) in [5.74, 6) is 0.119. The zero-order chi connectivity index (χ0) is 21.4. The van der Waals surface area contributed by atoms with Crippen molar-refractivity contribution in [3.8, 4) is 5.75 Å². The van der Waals surface area contributed by atoms with Gasteiger partial charge >= 0.3 is 0 Å². The number of thiocarbonyl (C=S) groups is 1. The van der Waals surface area contributed by atoms with E-state index in [0.717, 1.165) is 5.56 Å². The molecular formula is C20H21Cl2N3O3S. The third kappa shape index (κ3) is 7.89. The highest BCUT2D eigenvalue weighted by atomic mass is 35.5. The Labute approximate surface area is 184 Å². The lowest BCUT2D eigenvalue weighted by Gasteiger charge is -2.13. The van der Waals surface area contributed by atoms with E-state index in [-0.39, 0.29) is 23.3 Å². The van der Waals surface area contributed by atoms with Gasteiger partial charge in [-0.25, -0.2) is 0 Å². The Hall–Kier alpha value is -2.35. The Balaban J connectivity index is 1.76.